The van der Waals surface area contributed by atoms with Crippen LogP contribution < -0.4 is 20.1 Å². The van der Waals surface area contributed by atoms with Gasteiger partial charge in [-0.15, -0.1) is 0 Å². The Labute approximate surface area is 151 Å². The van der Waals surface area contributed by atoms with Crippen molar-refractivity contribution in [1.29, 1.82) is 0 Å². The van der Waals surface area contributed by atoms with Crippen molar-refractivity contribution in [2.24, 2.45) is 0 Å². The topological polar surface area (TPSA) is 72.5 Å². The lowest BCUT2D eigenvalue weighted by atomic mass is 10.2. The highest BCUT2D eigenvalue weighted by atomic mass is 16.5. The Kier molecular flexibility index (Phi) is 5.67. The SMILES string of the molecule is COc1cccc(NC(=O)NCc2cccc(Oc3ccccn3)c2)c1. The summed E-state index contributed by atoms with van der Waals surface area (Å²) < 4.78 is 10.8. The van der Waals surface area contributed by atoms with E-state index in [1.807, 2.05) is 48.5 Å². The lowest BCUT2D eigenvalue weighted by Gasteiger charge is -2.10. The van der Waals surface area contributed by atoms with Crippen LogP contribution in [0.5, 0.6) is 17.4 Å². The van der Waals surface area contributed by atoms with Crippen molar-refractivity contribution in [2.75, 3.05) is 12.4 Å². The van der Waals surface area contributed by atoms with Crippen LogP contribution in [0.2, 0.25) is 0 Å². The van der Waals surface area contributed by atoms with E-state index in [1.54, 1.807) is 31.5 Å². The average Bonchev–Trinajstić information content (AvgIpc) is 2.68. The van der Waals surface area contributed by atoms with Crippen molar-refractivity contribution in [3.05, 3.63) is 78.5 Å². The molecule has 0 fully saturated rings. The minimum absolute atomic E-state index is 0.297. The molecule has 26 heavy (non-hydrogen) atoms. The summed E-state index contributed by atoms with van der Waals surface area (Å²) in [4.78, 5) is 16.2. The minimum Gasteiger partial charge on any atom is -0.497 e. The van der Waals surface area contributed by atoms with Crippen molar-refractivity contribution < 1.29 is 14.3 Å². The van der Waals surface area contributed by atoms with Gasteiger partial charge in [-0.05, 0) is 35.9 Å². The van der Waals surface area contributed by atoms with Gasteiger partial charge < -0.3 is 20.1 Å². The van der Waals surface area contributed by atoms with Gasteiger partial charge in [0.25, 0.3) is 0 Å². The van der Waals surface area contributed by atoms with E-state index in [0.717, 1.165) is 5.56 Å². The molecular formula is C20H19N3O3. The molecule has 0 atom stereocenters. The van der Waals surface area contributed by atoms with Gasteiger partial charge in [0, 0.05) is 30.6 Å². The third kappa shape index (κ3) is 4.98. The Bertz CT molecular complexity index is 869. The summed E-state index contributed by atoms with van der Waals surface area (Å²) in [6.07, 6.45) is 1.67. The van der Waals surface area contributed by atoms with Gasteiger partial charge in [-0.1, -0.05) is 24.3 Å². The number of anilines is 1. The second-order valence-electron chi connectivity index (χ2n) is 5.46. The molecule has 0 unspecified atom stereocenters. The molecule has 0 radical (unpaired) electrons. The van der Waals surface area contributed by atoms with E-state index < -0.39 is 0 Å². The second kappa shape index (κ2) is 8.53. The number of nitrogens with zero attached hydrogens (tertiary/aromatic N) is 1. The number of methoxy groups -OCH3 is 1. The molecular weight excluding hydrogens is 330 g/mol. The number of benzene rings is 2. The van der Waals surface area contributed by atoms with Gasteiger partial charge in [-0.3, -0.25) is 0 Å². The molecule has 132 valence electrons. The molecule has 0 aliphatic rings. The van der Waals surface area contributed by atoms with E-state index in [2.05, 4.69) is 15.6 Å². The monoisotopic (exact) mass is 349 g/mol. The van der Waals surface area contributed by atoms with Crippen LogP contribution in [-0.2, 0) is 6.54 Å². The van der Waals surface area contributed by atoms with Crippen LogP contribution in [0.15, 0.2) is 72.9 Å². The van der Waals surface area contributed by atoms with E-state index in [1.165, 1.54) is 0 Å². The van der Waals surface area contributed by atoms with E-state index in [9.17, 15) is 4.79 Å². The molecule has 0 saturated heterocycles. The van der Waals surface area contributed by atoms with Crippen LogP contribution in [0.3, 0.4) is 0 Å². The van der Waals surface area contributed by atoms with Crippen molar-refractivity contribution in [3.63, 3.8) is 0 Å². The molecule has 0 spiro atoms. The molecule has 1 heterocycles. The third-order valence-electron chi connectivity index (χ3n) is 3.54. The Morgan fingerprint density at radius 2 is 1.85 bits per heavy atom. The Morgan fingerprint density at radius 1 is 1.00 bits per heavy atom. The number of amides is 2. The van der Waals surface area contributed by atoms with Crippen LogP contribution in [-0.4, -0.2) is 18.1 Å². The Balaban J connectivity index is 1.55. The van der Waals surface area contributed by atoms with E-state index in [-0.39, 0.29) is 6.03 Å². The molecule has 2 aromatic carbocycles. The van der Waals surface area contributed by atoms with Gasteiger partial charge in [-0.25, -0.2) is 9.78 Å². The van der Waals surface area contributed by atoms with Crippen LogP contribution in [0.25, 0.3) is 0 Å². The smallest absolute Gasteiger partial charge is 0.319 e. The van der Waals surface area contributed by atoms with E-state index in [4.69, 9.17) is 9.47 Å². The first kappa shape index (κ1) is 17.3. The summed E-state index contributed by atoms with van der Waals surface area (Å²) >= 11 is 0. The quantitative estimate of drug-likeness (QED) is 0.699. The van der Waals surface area contributed by atoms with Gasteiger partial charge in [0.05, 0.1) is 7.11 Å². The molecule has 2 N–H and O–H groups in total. The first-order valence-corrected chi connectivity index (χ1v) is 8.10. The maximum atomic E-state index is 12.1. The van der Waals surface area contributed by atoms with Gasteiger partial charge in [0.2, 0.25) is 5.88 Å². The number of carbonyl (C=O) groups excluding carboxylic acids is 1. The minimum atomic E-state index is -0.297. The van der Waals surface area contributed by atoms with Crippen molar-refractivity contribution >= 4 is 11.7 Å². The van der Waals surface area contributed by atoms with Crippen LogP contribution in [0.4, 0.5) is 10.5 Å². The van der Waals surface area contributed by atoms with E-state index >= 15 is 0 Å². The number of carbonyl (C=O) groups is 1. The van der Waals surface area contributed by atoms with Gasteiger partial charge >= 0.3 is 6.03 Å². The molecule has 0 bridgehead atoms. The fourth-order valence-corrected chi connectivity index (χ4v) is 2.31. The molecule has 3 rings (SSSR count). The van der Waals surface area contributed by atoms with Gasteiger partial charge in [-0.2, -0.15) is 0 Å². The number of ether oxygens (including phenoxy) is 2. The molecule has 6 nitrogen and oxygen atoms in total. The largest absolute Gasteiger partial charge is 0.497 e. The summed E-state index contributed by atoms with van der Waals surface area (Å²) in [6.45, 7) is 0.370. The molecule has 0 aliphatic carbocycles. The number of rotatable bonds is 6. The standard InChI is InChI=1S/C20H19N3O3/c1-25-17-8-5-7-16(13-17)23-20(24)22-14-15-6-4-9-18(12-15)26-19-10-2-3-11-21-19/h2-13H,14H2,1H3,(H2,22,23,24). The molecule has 6 heteroatoms. The summed E-state index contributed by atoms with van der Waals surface area (Å²) in [5.74, 6) is 1.87. The highest BCUT2D eigenvalue weighted by Gasteiger charge is 2.04. The van der Waals surface area contributed by atoms with Crippen LogP contribution in [0, 0.1) is 0 Å². The van der Waals surface area contributed by atoms with Crippen molar-refractivity contribution in [3.8, 4) is 17.4 Å². The highest BCUT2D eigenvalue weighted by Crippen LogP contribution is 2.20. The Hall–Kier alpha value is -3.54. The molecule has 1 aromatic heterocycles. The highest BCUT2D eigenvalue weighted by molar-refractivity contribution is 5.89. The first-order chi connectivity index (χ1) is 12.7. The predicted octanol–water partition coefficient (Wildman–Crippen LogP) is 4.20. The summed E-state index contributed by atoms with van der Waals surface area (Å²) in [5.41, 5.74) is 1.58. The molecule has 0 aliphatic heterocycles. The fourth-order valence-electron chi connectivity index (χ4n) is 2.31. The average molecular weight is 349 g/mol. The summed E-state index contributed by atoms with van der Waals surface area (Å²) in [6, 6.07) is 19.8. The van der Waals surface area contributed by atoms with Crippen molar-refractivity contribution in [1.82, 2.24) is 10.3 Å². The lowest BCUT2D eigenvalue weighted by molar-refractivity contribution is 0.251. The first-order valence-electron chi connectivity index (χ1n) is 8.10. The van der Waals surface area contributed by atoms with Crippen LogP contribution >= 0.6 is 0 Å². The normalized spacial score (nSPS) is 10.0. The molecule has 2 amide bonds. The van der Waals surface area contributed by atoms with E-state index in [0.29, 0.717) is 29.6 Å². The summed E-state index contributed by atoms with van der Waals surface area (Å²) in [5, 5.41) is 5.58. The zero-order valence-corrected chi connectivity index (χ0v) is 14.3. The number of nitrogens with one attached hydrogen (secondary N) is 2. The molecule has 3 aromatic rings. The number of urea groups is 1. The lowest BCUT2D eigenvalue weighted by Crippen LogP contribution is -2.28. The number of hydrogen-bond acceptors (Lipinski definition) is 4. The maximum absolute atomic E-state index is 12.1. The van der Waals surface area contributed by atoms with Crippen molar-refractivity contribution in [2.45, 2.75) is 6.54 Å². The fraction of sp³-hybridized carbons (Fsp3) is 0.100. The number of pyridine rings is 1. The summed E-state index contributed by atoms with van der Waals surface area (Å²) in [7, 11) is 1.58. The predicted molar refractivity (Wildman–Crippen MR) is 99.6 cm³/mol. The molecule has 0 saturated carbocycles. The number of hydrogen-bond donors (Lipinski definition) is 2. The zero-order valence-electron chi connectivity index (χ0n) is 14.3. The second-order valence-corrected chi connectivity index (χ2v) is 5.46. The Morgan fingerprint density at radius 3 is 2.65 bits per heavy atom. The maximum Gasteiger partial charge on any atom is 0.319 e. The van der Waals surface area contributed by atoms with Crippen LogP contribution in [0.1, 0.15) is 5.56 Å². The van der Waals surface area contributed by atoms with Gasteiger partial charge in [0.15, 0.2) is 0 Å². The number of aromatic nitrogens is 1. The van der Waals surface area contributed by atoms with Gasteiger partial charge in [0.1, 0.15) is 11.5 Å². The third-order valence-corrected chi connectivity index (χ3v) is 3.54. The zero-order chi connectivity index (χ0) is 18.2.